The molecule has 5 nitrogen and oxygen atoms in total. The summed E-state index contributed by atoms with van der Waals surface area (Å²) in [5, 5.41) is 19.9. The van der Waals surface area contributed by atoms with Crippen LogP contribution in [-0.2, 0) is 0 Å². The van der Waals surface area contributed by atoms with Gasteiger partial charge in [0.05, 0.1) is 0 Å². The Morgan fingerprint density at radius 3 is 2.52 bits per heavy atom. The minimum absolute atomic E-state index is 0.187. The molecule has 1 fully saturated rings. The highest BCUT2D eigenvalue weighted by atomic mass is 16.5. The van der Waals surface area contributed by atoms with Crippen LogP contribution in [0.1, 0.15) is 36.1 Å². The van der Waals surface area contributed by atoms with Crippen molar-refractivity contribution >= 4 is 11.6 Å². The second-order valence-corrected chi connectivity index (χ2v) is 8.82. The van der Waals surface area contributed by atoms with E-state index in [4.69, 9.17) is 9.47 Å². The van der Waals surface area contributed by atoms with Crippen LogP contribution < -0.4 is 9.47 Å². The van der Waals surface area contributed by atoms with Gasteiger partial charge in [-0.1, -0.05) is 37.6 Å². The maximum atomic E-state index is 10.0. The average Bonchev–Trinajstić information content (AvgIpc) is 2.80. The van der Waals surface area contributed by atoms with Gasteiger partial charge in [-0.3, -0.25) is 4.90 Å². The van der Waals surface area contributed by atoms with Gasteiger partial charge < -0.3 is 19.7 Å². The molecule has 0 radical (unpaired) electrons. The van der Waals surface area contributed by atoms with E-state index in [0.29, 0.717) is 12.4 Å². The highest BCUT2D eigenvalue weighted by Gasteiger charge is 2.27. The van der Waals surface area contributed by atoms with E-state index >= 15 is 0 Å². The molecule has 2 aliphatic rings. The van der Waals surface area contributed by atoms with E-state index in [0.717, 1.165) is 40.5 Å². The Morgan fingerprint density at radius 1 is 0.970 bits per heavy atom. The topological polar surface area (TPSA) is 62.2 Å². The van der Waals surface area contributed by atoms with Gasteiger partial charge in [-0.15, -0.1) is 0 Å². The number of hydrogen-bond donors (Lipinski definition) is 2. The molecule has 0 aromatic heterocycles. The molecule has 170 valence electrons. The predicted octanol–water partition coefficient (Wildman–Crippen LogP) is 5.49. The normalized spacial score (nSPS) is 18.1. The molecule has 2 heterocycles. The van der Waals surface area contributed by atoms with Crippen molar-refractivity contribution in [3.8, 4) is 23.0 Å². The molecule has 33 heavy (non-hydrogen) atoms. The maximum absolute atomic E-state index is 10.0. The highest BCUT2D eigenvalue weighted by molar-refractivity contribution is 5.88. The molecule has 2 N–H and O–H groups in total. The summed E-state index contributed by atoms with van der Waals surface area (Å²) in [6, 6.07) is 20.3. The summed E-state index contributed by atoms with van der Waals surface area (Å²) in [6.07, 6.45) is 2.93. The van der Waals surface area contributed by atoms with E-state index in [2.05, 4.69) is 11.8 Å². The molecule has 1 unspecified atom stereocenters. The molecule has 1 saturated heterocycles. The van der Waals surface area contributed by atoms with Crippen LogP contribution in [0.2, 0.25) is 0 Å². The lowest BCUT2D eigenvalue weighted by Gasteiger charge is -2.38. The van der Waals surface area contributed by atoms with Crippen molar-refractivity contribution in [3.05, 3.63) is 83.4 Å². The van der Waals surface area contributed by atoms with Gasteiger partial charge in [-0.05, 0) is 65.6 Å². The number of aromatic hydroxyl groups is 2. The quantitative estimate of drug-likeness (QED) is 0.505. The lowest BCUT2D eigenvalue weighted by Crippen LogP contribution is -2.47. The van der Waals surface area contributed by atoms with Crippen molar-refractivity contribution < 1.29 is 19.7 Å². The molecule has 3 aromatic carbocycles. The standard InChI is InChI=1S/C28H29NO4/c1-2-19-17-29(18-19)12-13-32-25-9-6-20(7-10-25)28-26(21-4-3-5-23(30)14-21)16-22-15-24(31)8-11-27(22)33-28/h3-11,14-16,19,28,30-31H,2,12-13,17-18H2,1H3. The molecule has 0 bridgehead atoms. The largest absolute Gasteiger partial charge is 0.508 e. The van der Waals surface area contributed by atoms with Crippen LogP contribution in [0.15, 0.2) is 66.7 Å². The van der Waals surface area contributed by atoms with Crippen molar-refractivity contribution in [2.75, 3.05) is 26.2 Å². The predicted molar refractivity (Wildman–Crippen MR) is 130 cm³/mol. The first-order chi connectivity index (χ1) is 16.1. The number of likely N-dealkylation sites (tertiary alicyclic amines) is 1. The van der Waals surface area contributed by atoms with Gasteiger partial charge in [0.15, 0.2) is 0 Å². The zero-order valence-electron chi connectivity index (χ0n) is 18.8. The third-order valence-corrected chi connectivity index (χ3v) is 6.48. The van der Waals surface area contributed by atoms with E-state index in [1.165, 1.54) is 19.5 Å². The monoisotopic (exact) mass is 443 g/mol. The second-order valence-electron chi connectivity index (χ2n) is 8.82. The van der Waals surface area contributed by atoms with E-state index in [9.17, 15) is 10.2 Å². The summed E-state index contributed by atoms with van der Waals surface area (Å²) in [6.45, 7) is 6.25. The molecule has 3 aromatic rings. The van der Waals surface area contributed by atoms with Crippen molar-refractivity contribution in [3.63, 3.8) is 0 Å². The fourth-order valence-electron chi connectivity index (χ4n) is 4.51. The zero-order valence-corrected chi connectivity index (χ0v) is 18.8. The number of phenols is 2. The molecule has 0 spiro atoms. The van der Waals surface area contributed by atoms with Crippen LogP contribution in [0, 0.1) is 5.92 Å². The lowest BCUT2D eigenvalue weighted by molar-refractivity contribution is 0.0806. The number of benzene rings is 3. The Bertz CT molecular complexity index is 1150. The number of rotatable bonds is 7. The van der Waals surface area contributed by atoms with E-state index < -0.39 is 0 Å². The van der Waals surface area contributed by atoms with Crippen molar-refractivity contribution in [1.29, 1.82) is 0 Å². The third-order valence-electron chi connectivity index (χ3n) is 6.48. The molecule has 5 heteroatoms. The van der Waals surface area contributed by atoms with Crippen molar-refractivity contribution in [2.45, 2.75) is 19.4 Å². The lowest BCUT2D eigenvalue weighted by atomic mass is 9.91. The molecule has 1 atom stereocenters. The summed E-state index contributed by atoms with van der Waals surface area (Å²) >= 11 is 0. The van der Waals surface area contributed by atoms with E-state index in [-0.39, 0.29) is 17.6 Å². The second kappa shape index (κ2) is 9.20. The number of nitrogens with zero attached hydrogens (tertiary/aromatic N) is 1. The Morgan fingerprint density at radius 2 is 1.76 bits per heavy atom. The molecular weight excluding hydrogens is 414 g/mol. The van der Waals surface area contributed by atoms with Crippen molar-refractivity contribution in [2.24, 2.45) is 5.92 Å². The minimum Gasteiger partial charge on any atom is -0.508 e. The highest BCUT2D eigenvalue weighted by Crippen LogP contribution is 2.43. The average molecular weight is 444 g/mol. The Hall–Kier alpha value is -3.44. The minimum atomic E-state index is -0.343. The van der Waals surface area contributed by atoms with E-state index in [1.807, 2.05) is 42.5 Å². The summed E-state index contributed by atoms with van der Waals surface area (Å²) in [7, 11) is 0. The first-order valence-corrected chi connectivity index (χ1v) is 11.5. The molecular formula is C28H29NO4. The molecule has 0 amide bonds. The fourth-order valence-corrected chi connectivity index (χ4v) is 4.51. The third kappa shape index (κ3) is 4.69. The van der Waals surface area contributed by atoms with Crippen LogP contribution in [0.4, 0.5) is 0 Å². The van der Waals surface area contributed by atoms with Crippen LogP contribution in [-0.4, -0.2) is 41.4 Å². The van der Waals surface area contributed by atoms with Gasteiger partial charge >= 0.3 is 0 Å². The van der Waals surface area contributed by atoms with Gasteiger partial charge in [-0.25, -0.2) is 0 Å². The van der Waals surface area contributed by atoms with Gasteiger partial charge in [0, 0.05) is 30.8 Å². The Balaban J connectivity index is 1.34. The number of hydrogen-bond acceptors (Lipinski definition) is 5. The number of ether oxygens (including phenoxy) is 2. The summed E-state index contributed by atoms with van der Waals surface area (Å²) < 4.78 is 12.3. The first kappa shape index (κ1) is 21.4. The zero-order chi connectivity index (χ0) is 22.8. The Kier molecular flexibility index (Phi) is 5.97. The number of fused-ring (bicyclic) bond motifs is 1. The summed E-state index contributed by atoms with van der Waals surface area (Å²) in [5.74, 6) is 2.79. The van der Waals surface area contributed by atoms with Gasteiger partial charge in [0.1, 0.15) is 35.7 Å². The Labute approximate surface area is 194 Å². The van der Waals surface area contributed by atoms with Gasteiger partial charge in [0.2, 0.25) is 0 Å². The molecule has 0 aliphatic carbocycles. The number of phenolic OH excluding ortho intramolecular Hbond substituents is 2. The van der Waals surface area contributed by atoms with Gasteiger partial charge in [-0.2, -0.15) is 0 Å². The molecule has 5 rings (SSSR count). The SMILES string of the molecule is CCC1CN(CCOc2ccc(C3Oc4ccc(O)cc4C=C3c3cccc(O)c3)cc2)C1. The molecule has 2 aliphatic heterocycles. The van der Waals surface area contributed by atoms with Crippen LogP contribution in [0.5, 0.6) is 23.0 Å². The smallest absolute Gasteiger partial charge is 0.149 e. The summed E-state index contributed by atoms with van der Waals surface area (Å²) in [5.41, 5.74) is 3.58. The van der Waals surface area contributed by atoms with Crippen molar-refractivity contribution in [1.82, 2.24) is 4.90 Å². The maximum Gasteiger partial charge on any atom is 0.149 e. The van der Waals surface area contributed by atoms with Crippen LogP contribution in [0.3, 0.4) is 0 Å². The first-order valence-electron chi connectivity index (χ1n) is 11.5. The van der Waals surface area contributed by atoms with Gasteiger partial charge in [0.25, 0.3) is 0 Å². The van der Waals surface area contributed by atoms with Crippen LogP contribution >= 0.6 is 0 Å². The molecule has 0 saturated carbocycles. The van der Waals surface area contributed by atoms with E-state index in [1.54, 1.807) is 30.3 Å². The fraction of sp³-hybridized carbons (Fsp3) is 0.286. The summed E-state index contributed by atoms with van der Waals surface area (Å²) in [4.78, 5) is 2.43. The van der Waals surface area contributed by atoms with Crippen LogP contribution in [0.25, 0.3) is 11.6 Å².